The lowest BCUT2D eigenvalue weighted by Gasteiger charge is -2.17. The predicted octanol–water partition coefficient (Wildman–Crippen LogP) is -13.1. The second-order valence-electron chi connectivity index (χ2n) is 32.7. The molecule has 826 valence electrons. The van der Waals surface area contributed by atoms with Gasteiger partial charge < -0.3 is 149 Å². The number of aromatic nitrogens is 16. The fourth-order valence-electron chi connectivity index (χ4n) is 16.1. The number of nitrogen functional groups attached to an aromatic ring is 4. The second kappa shape index (κ2) is 54.7. The summed E-state index contributed by atoms with van der Waals surface area (Å²) in [5.41, 5.74) is 19.5. The molecule has 8 aliphatic heterocycles. The fraction of sp³-hybridized carbons (Fsp3) is 0.590. The number of rotatable bonds is 24. The number of hydrogen-bond donors (Lipinski definition) is 28. The first-order chi connectivity index (χ1) is 69.9. The summed E-state index contributed by atoms with van der Waals surface area (Å²) < 4.78 is 175. The highest BCUT2D eigenvalue weighted by atomic mass is 19.2. The number of aliphatic hydroxyl groups excluding tert-OH is 8. The van der Waals surface area contributed by atoms with Crippen LogP contribution in [0.5, 0.6) is 0 Å². The van der Waals surface area contributed by atoms with E-state index in [0.29, 0.717) is 10.8 Å². The number of nitrogens with zero attached hydrogens (tertiary/aromatic N) is 12. The van der Waals surface area contributed by atoms with E-state index >= 15 is 0 Å². The van der Waals surface area contributed by atoms with Crippen LogP contribution < -0.4 is 134 Å². The van der Waals surface area contributed by atoms with Gasteiger partial charge in [-0.05, 0) is 66.3 Å². The van der Waals surface area contributed by atoms with E-state index in [1.165, 1.54) is 81.5 Å². The topological polar surface area (TPSA) is 907 Å². The van der Waals surface area contributed by atoms with Crippen molar-refractivity contribution >= 4 is 23.3 Å². The molecule has 70 heteroatoms. The maximum absolute atomic E-state index is 14.2. The first-order valence-electron chi connectivity index (χ1n) is 43.7. The van der Waals surface area contributed by atoms with Gasteiger partial charge >= 0.3 is 45.5 Å². The number of nitrogens with two attached hydrogens (primary N) is 4. The first-order valence-corrected chi connectivity index (χ1v) is 43.7. The van der Waals surface area contributed by atoms with E-state index in [-0.39, 0.29) is 66.3 Å². The van der Waals surface area contributed by atoms with E-state index in [0.717, 1.165) is 38.0 Å². The number of aliphatic hydroxyl groups is 8. The third-order valence-corrected chi connectivity index (χ3v) is 23.7. The zero-order chi connectivity index (χ0) is 109. The molecule has 61 nitrogen and oxygen atoms in total. The average Bonchev–Trinajstić information content (AvgIpc) is 1.65. The number of nitrogens with one attached hydrogen (secondary N) is 12. The third kappa shape index (κ3) is 27.5. The standard InChI is InChI=1S/C11H16FN3O4.2C10H15FN4O3.C10H14FN3O5.C10H14FN3O4.C9H11F2N3O5.2C9H13FN4O4.H2O/c1-5-3-15(11(18)14-9(5)17)10-7(12)8(13-2)6(4-16)19-10;2*1-13-8-5(4-16)18-9(7(8)11)15-3-2-6(12)14-10(15)17;1-4-2-14(10(17)12-8(4)16)9-6(11)7(13-18)5(3-15)19-9;1-12-8-5(4-15)18-9(7(8)11)14-3-2-6(16)13-10(14)17;10-3-1-14(9(17)12-7(3)16)8-5(11)6(13-18)4(2-15)19-8;2*10-6-7(13-17)4(3-15)18-8(6)14-2-1-5(11)12-9(14)16;/h3,6-8,10,13,16H,4H2,1-2H3,(H,14,17,18);2*2-3,5,7-9,13,16H,4H2,1H3,(H2,12,14,17);2,5-7,9,13,15,18H,3H2,1H3,(H,12,16,17);2-3,5,7-9,12,15H,4H2,1H3,(H,13,16,17);1,4-6,8,13,15,18H,2H2,(H,12,16,17);2*1-2,4,6-8,13,15,17H,3H2,(H2,11,12,16);1H2/t6-,7+,8+,10?;5-,7?,8?,9?;5-,7+,8+,9?;5-,6?,7?,9?;5-,7+,8+,9?;4-,5?,6?,8?;2*4-,6?,7?,8?;/m11111111./s1. The van der Waals surface area contributed by atoms with Gasteiger partial charge in [-0.2, -0.15) is 46.2 Å². The fourth-order valence-corrected chi connectivity index (χ4v) is 16.1. The first kappa shape index (κ1) is 121. The zero-order valence-corrected chi connectivity index (χ0v) is 78.2. The number of aryl methyl sites for hydroxylation is 2. The van der Waals surface area contributed by atoms with Crippen LogP contribution in [0.15, 0.2) is 137 Å². The van der Waals surface area contributed by atoms with Crippen molar-refractivity contribution in [2.75, 3.05) is 104 Å². The van der Waals surface area contributed by atoms with E-state index in [9.17, 15) is 97.0 Å². The van der Waals surface area contributed by atoms with Crippen molar-refractivity contribution in [3.63, 3.8) is 0 Å². The van der Waals surface area contributed by atoms with Gasteiger partial charge in [-0.15, -0.1) is 0 Å². The smallest absolute Gasteiger partial charge is 0.351 e. The Balaban J connectivity index is 0.000000206. The average molecular weight is 2140 g/mol. The normalized spacial score (nSPS) is 31.1. The minimum absolute atomic E-state index is 0. The number of H-pyrrole nitrogens is 4. The van der Waals surface area contributed by atoms with E-state index in [4.69, 9.17) is 123 Å². The van der Waals surface area contributed by atoms with Crippen molar-refractivity contribution in [2.24, 2.45) is 0 Å². The maximum Gasteiger partial charge on any atom is 0.351 e. The highest BCUT2D eigenvalue weighted by molar-refractivity contribution is 5.26. The van der Waals surface area contributed by atoms with Crippen LogP contribution in [-0.4, -0.2) is 371 Å². The van der Waals surface area contributed by atoms with Crippen LogP contribution in [-0.2, 0) is 37.9 Å². The van der Waals surface area contributed by atoms with Gasteiger partial charge in [0.15, 0.2) is 99.2 Å². The van der Waals surface area contributed by atoms with Gasteiger partial charge in [0.1, 0.15) is 72.1 Å². The van der Waals surface area contributed by atoms with Crippen molar-refractivity contribution in [1.82, 2.24) is 120 Å². The summed E-state index contributed by atoms with van der Waals surface area (Å²) >= 11 is 0. The molecule has 8 fully saturated rings. The van der Waals surface area contributed by atoms with Crippen molar-refractivity contribution < 1.29 is 145 Å². The van der Waals surface area contributed by atoms with Crippen LogP contribution in [0.1, 0.15) is 61.0 Å². The molecular formula is C78H113F9N28O33. The number of halogens is 9. The number of likely N-dealkylation sites (N-methyl/N-ethyl adjacent to an activating group) is 4. The minimum Gasteiger partial charge on any atom is -0.412 e. The van der Waals surface area contributed by atoms with Gasteiger partial charge in [-0.25, -0.2) is 73.5 Å². The van der Waals surface area contributed by atoms with Crippen molar-refractivity contribution in [3.05, 3.63) is 222 Å². The SMILES string of the molecule is CNC1C(F)C(n2ccc(N)nc2=O)O[C@@H]1CO.CN[C@@H]1[C@H](F)C(n2cc(C)c(=O)[nH]c2=O)O[C@@H]1CO.CN[C@@H]1[C@H](F)C(n2ccc(=O)[nH]c2=O)O[C@@H]1CO.CN[C@@H]1[C@H](F)C(n2ccc(N)nc2=O)O[C@@H]1CO.Cc1cn(C2O[C@H](CO)C(NO)C2F)c(=O)[nH]c1=O.Nc1ccn(C2O[C@H](CO)C(NO)C2F)c(=O)n1.Nc1ccn(C2O[C@H](CO)C(NO)C2F)c(=O)n1.O.O=c1[nH]c(=O)n(C2O[C@H](CO)C(NO)C2F)cc1F. The van der Waals surface area contributed by atoms with Gasteiger partial charge in [0.25, 0.3) is 22.2 Å². The van der Waals surface area contributed by atoms with E-state index in [1.54, 1.807) is 55.1 Å². The summed E-state index contributed by atoms with van der Waals surface area (Å²) in [5.74, 6) is -1.13. The largest absolute Gasteiger partial charge is 0.412 e. The lowest BCUT2D eigenvalue weighted by atomic mass is 10.1. The quantitative estimate of drug-likeness (QED) is 0.0197. The molecule has 34 N–H and O–H groups in total. The summed E-state index contributed by atoms with van der Waals surface area (Å²) in [5, 5.41) is 119. The molecule has 0 radical (unpaired) electrons. The molecule has 0 spiro atoms. The Hall–Kier alpha value is -12.3. The summed E-state index contributed by atoms with van der Waals surface area (Å²) in [6, 6.07) is -0.924. The Morgan fingerprint density at radius 2 is 0.486 bits per heavy atom. The van der Waals surface area contributed by atoms with Crippen LogP contribution >= 0.6 is 0 Å². The molecule has 18 unspecified atom stereocenters. The second-order valence-corrected chi connectivity index (χ2v) is 32.7. The van der Waals surface area contributed by atoms with Gasteiger partial charge in [-0.1, -0.05) is 0 Å². The summed E-state index contributed by atoms with van der Waals surface area (Å²) in [6.07, 6.45) is -20.7. The highest BCUT2D eigenvalue weighted by Crippen LogP contribution is 2.38. The molecule has 0 aliphatic carbocycles. The molecule has 0 aromatic carbocycles. The third-order valence-electron chi connectivity index (χ3n) is 23.7. The Morgan fingerprint density at radius 3 is 0.682 bits per heavy atom. The minimum atomic E-state index is -1.93. The monoisotopic (exact) mass is 2140 g/mol. The van der Waals surface area contributed by atoms with Crippen LogP contribution in [0.25, 0.3) is 0 Å². The lowest BCUT2D eigenvalue weighted by molar-refractivity contribution is -0.0450. The number of alkyl halides is 8. The highest BCUT2D eigenvalue weighted by Gasteiger charge is 2.53. The van der Waals surface area contributed by atoms with Crippen LogP contribution in [0.4, 0.5) is 62.8 Å². The van der Waals surface area contributed by atoms with Gasteiger partial charge in [0, 0.05) is 60.6 Å². The van der Waals surface area contributed by atoms with Gasteiger partial charge in [0.2, 0.25) is 5.82 Å². The molecular weight excluding hydrogens is 2030 g/mol. The van der Waals surface area contributed by atoms with Crippen LogP contribution in [0, 0.1) is 19.7 Å². The van der Waals surface area contributed by atoms with Gasteiger partial charge in [-0.3, -0.25) is 75.7 Å². The van der Waals surface area contributed by atoms with Gasteiger partial charge in [0.05, 0.1) is 107 Å². The Labute approximate surface area is 821 Å². The Bertz CT molecular complexity index is 5830. The molecule has 0 amide bonds. The summed E-state index contributed by atoms with van der Waals surface area (Å²) in [7, 11) is 6.22. The number of anilines is 4. The molecule has 16 heterocycles. The van der Waals surface area contributed by atoms with Crippen LogP contribution in [0.3, 0.4) is 0 Å². The van der Waals surface area contributed by atoms with E-state index in [1.807, 2.05) is 9.97 Å². The molecule has 32 atom stereocenters. The van der Waals surface area contributed by atoms with Crippen molar-refractivity contribution in [1.29, 1.82) is 0 Å². The molecule has 8 aromatic heterocycles. The summed E-state index contributed by atoms with van der Waals surface area (Å²) in [4.78, 5) is 159. The molecule has 0 bridgehead atoms. The molecule has 8 aromatic rings. The number of hydroxylamine groups is 4. The molecule has 148 heavy (non-hydrogen) atoms. The molecule has 8 saturated heterocycles. The zero-order valence-electron chi connectivity index (χ0n) is 78.2. The number of hydrogen-bond acceptors (Lipinski definition) is 48. The maximum atomic E-state index is 14.2. The Kier molecular flexibility index (Phi) is 44.7. The predicted molar refractivity (Wildman–Crippen MR) is 483 cm³/mol. The van der Waals surface area contributed by atoms with E-state index < -0.39 is 296 Å². The number of aromatic amines is 4. The van der Waals surface area contributed by atoms with Crippen LogP contribution in [0.2, 0.25) is 0 Å². The molecule has 8 aliphatic rings. The molecule has 0 saturated carbocycles. The summed E-state index contributed by atoms with van der Waals surface area (Å²) in [6.45, 7) is -0.544. The van der Waals surface area contributed by atoms with Crippen molar-refractivity contribution in [3.8, 4) is 0 Å². The molecule has 16 rings (SSSR count). The van der Waals surface area contributed by atoms with Crippen molar-refractivity contribution in [2.45, 2.75) is 210 Å². The van der Waals surface area contributed by atoms with E-state index in [2.05, 4.69) is 46.2 Å². The Morgan fingerprint density at radius 1 is 0.297 bits per heavy atom. The lowest BCUT2D eigenvalue weighted by Crippen LogP contribution is -2.43. The number of ether oxygens (including phenoxy) is 8.